The standard InChI is InChI=1S/C16H18BrFN2/c1-2-8-20-15(10-12-5-4-9-19-11-12)13-6-3-7-14(18)16(13)17/h3-7,9,11,15,20H,2,8,10H2,1H3. The van der Waals surface area contributed by atoms with Crippen molar-refractivity contribution in [1.29, 1.82) is 0 Å². The second kappa shape index (κ2) is 7.50. The van der Waals surface area contributed by atoms with Gasteiger partial charge in [0.25, 0.3) is 0 Å². The molecule has 0 aliphatic rings. The van der Waals surface area contributed by atoms with Crippen LogP contribution in [0, 0.1) is 5.82 Å². The number of nitrogens with zero attached hydrogens (tertiary/aromatic N) is 1. The van der Waals surface area contributed by atoms with Gasteiger partial charge in [-0.3, -0.25) is 4.98 Å². The number of aromatic nitrogens is 1. The Hall–Kier alpha value is -1.26. The first-order valence-corrected chi connectivity index (χ1v) is 7.58. The van der Waals surface area contributed by atoms with E-state index in [1.54, 1.807) is 12.3 Å². The molecule has 0 spiro atoms. The Balaban J connectivity index is 2.25. The van der Waals surface area contributed by atoms with Gasteiger partial charge in [0, 0.05) is 18.4 Å². The van der Waals surface area contributed by atoms with Crippen LogP contribution in [0.1, 0.15) is 30.5 Å². The highest BCUT2D eigenvalue weighted by atomic mass is 79.9. The summed E-state index contributed by atoms with van der Waals surface area (Å²) in [7, 11) is 0. The van der Waals surface area contributed by atoms with E-state index < -0.39 is 0 Å². The zero-order valence-electron chi connectivity index (χ0n) is 11.4. The summed E-state index contributed by atoms with van der Waals surface area (Å²) < 4.78 is 14.3. The maximum Gasteiger partial charge on any atom is 0.137 e. The Kier molecular flexibility index (Phi) is 5.68. The minimum atomic E-state index is -0.225. The monoisotopic (exact) mass is 336 g/mol. The molecule has 2 nitrogen and oxygen atoms in total. The van der Waals surface area contributed by atoms with Crippen LogP contribution in [0.5, 0.6) is 0 Å². The summed E-state index contributed by atoms with van der Waals surface area (Å²) in [5.41, 5.74) is 2.08. The fourth-order valence-corrected chi connectivity index (χ4v) is 2.70. The summed E-state index contributed by atoms with van der Waals surface area (Å²) in [6.07, 6.45) is 5.44. The van der Waals surface area contributed by atoms with E-state index in [1.165, 1.54) is 6.07 Å². The van der Waals surface area contributed by atoms with Crippen molar-refractivity contribution in [2.45, 2.75) is 25.8 Å². The first-order chi connectivity index (χ1) is 9.72. The van der Waals surface area contributed by atoms with Crippen LogP contribution < -0.4 is 5.32 Å². The minimum absolute atomic E-state index is 0.0734. The highest BCUT2D eigenvalue weighted by molar-refractivity contribution is 9.10. The van der Waals surface area contributed by atoms with E-state index in [0.717, 1.165) is 30.5 Å². The number of rotatable bonds is 6. The minimum Gasteiger partial charge on any atom is -0.310 e. The van der Waals surface area contributed by atoms with Gasteiger partial charge in [-0.05, 0) is 58.6 Å². The van der Waals surface area contributed by atoms with Gasteiger partial charge in [-0.2, -0.15) is 0 Å². The largest absolute Gasteiger partial charge is 0.310 e. The number of hydrogen-bond acceptors (Lipinski definition) is 2. The van der Waals surface area contributed by atoms with Crippen molar-refractivity contribution in [3.63, 3.8) is 0 Å². The van der Waals surface area contributed by atoms with Crippen molar-refractivity contribution in [3.05, 3.63) is 64.1 Å². The quantitative estimate of drug-likeness (QED) is 0.852. The first kappa shape index (κ1) is 15.1. The molecule has 4 heteroatoms. The highest BCUT2D eigenvalue weighted by Gasteiger charge is 2.16. The van der Waals surface area contributed by atoms with Gasteiger partial charge in [-0.25, -0.2) is 4.39 Å². The summed E-state index contributed by atoms with van der Waals surface area (Å²) in [5, 5.41) is 3.48. The molecule has 106 valence electrons. The Labute approximate surface area is 127 Å². The van der Waals surface area contributed by atoms with Gasteiger partial charge in [0.15, 0.2) is 0 Å². The Morgan fingerprint density at radius 2 is 2.15 bits per heavy atom. The van der Waals surface area contributed by atoms with E-state index in [2.05, 4.69) is 33.2 Å². The highest BCUT2D eigenvalue weighted by Crippen LogP contribution is 2.28. The van der Waals surface area contributed by atoms with Crippen molar-refractivity contribution in [2.24, 2.45) is 0 Å². The Morgan fingerprint density at radius 1 is 1.30 bits per heavy atom. The number of hydrogen-bond donors (Lipinski definition) is 1. The molecular formula is C16H18BrFN2. The predicted molar refractivity (Wildman–Crippen MR) is 83.1 cm³/mol. The van der Waals surface area contributed by atoms with Gasteiger partial charge in [0.2, 0.25) is 0 Å². The van der Waals surface area contributed by atoms with Crippen LogP contribution in [0.15, 0.2) is 47.2 Å². The summed E-state index contributed by atoms with van der Waals surface area (Å²) in [6.45, 7) is 3.02. The lowest BCUT2D eigenvalue weighted by molar-refractivity contribution is 0.520. The van der Waals surface area contributed by atoms with Crippen LogP contribution in [0.3, 0.4) is 0 Å². The van der Waals surface area contributed by atoms with Crippen molar-refractivity contribution < 1.29 is 4.39 Å². The van der Waals surface area contributed by atoms with Crippen molar-refractivity contribution in [2.75, 3.05) is 6.54 Å². The third-order valence-corrected chi connectivity index (χ3v) is 4.00. The van der Waals surface area contributed by atoms with Gasteiger partial charge in [-0.1, -0.05) is 25.1 Å². The molecule has 20 heavy (non-hydrogen) atoms. The topological polar surface area (TPSA) is 24.9 Å². The molecule has 0 aliphatic carbocycles. The molecule has 1 aromatic carbocycles. The SMILES string of the molecule is CCCNC(Cc1cccnc1)c1cccc(F)c1Br. The number of nitrogens with one attached hydrogen (secondary N) is 1. The first-order valence-electron chi connectivity index (χ1n) is 6.78. The molecule has 0 bridgehead atoms. The maximum absolute atomic E-state index is 13.7. The lowest BCUT2D eigenvalue weighted by atomic mass is 9.99. The molecule has 0 radical (unpaired) electrons. The van der Waals surface area contributed by atoms with Crippen LogP contribution >= 0.6 is 15.9 Å². The summed E-state index contributed by atoms with van der Waals surface area (Å²) in [4.78, 5) is 4.14. The van der Waals surface area contributed by atoms with Crippen LogP contribution in [0.4, 0.5) is 4.39 Å². The smallest absolute Gasteiger partial charge is 0.137 e. The Morgan fingerprint density at radius 3 is 2.85 bits per heavy atom. The van der Waals surface area contributed by atoms with E-state index in [4.69, 9.17) is 0 Å². The van der Waals surface area contributed by atoms with Gasteiger partial charge in [0.05, 0.1) is 4.47 Å². The second-order valence-electron chi connectivity index (χ2n) is 4.72. The fourth-order valence-electron chi connectivity index (χ4n) is 2.15. The van der Waals surface area contributed by atoms with Crippen LogP contribution in [-0.4, -0.2) is 11.5 Å². The van der Waals surface area contributed by atoms with Gasteiger partial charge >= 0.3 is 0 Å². The van der Waals surface area contributed by atoms with Crippen LogP contribution in [0.25, 0.3) is 0 Å². The molecule has 2 rings (SSSR count). The van der Waals surface area contributed by atoms with E-state index in [-0.39, 0.29) is 11.9 Å². The van der Waals surface area contributed by atoms with E-state index >= 15 is 0 Å². The van der Waals surface area contributed by atoms with Crippen molar-refractivity contribution >= 4 is 15.9 Å². The molecule has 1 atom stereocenters. The zero-order valence-corrected chi connectivity index (χ0v) is 13.0. The zero-order chi connectivity index (χ0) is 14.4. The molecular weight excluding hydrogens is 319 g/mol. The summed E-state index contributed by atoms with van der Waals surface area (Å²) in [5.74, 6) is -0.225. The molecule has 1 N–H and O–H groups in total. The third-order valence-electron chi connectivity index (χ3n) is 3.16. The Bertz CT molecular complexity index is 545. The van der Waals surface area contributed by atoms with Crippen LogP contribution in [0.2, 0.25) is 0 Å². The molecule has 0 saturated carbocycles. The van der Waals surface area contributed by atoms with E-state index in [1.807, 2.05) is 24.4 Å². The molecule has 0 aliphatic heterocycles. The van der Waals surface area contributed by atoms with Crippen molar-refractivity contribution in [3.8, 4) is 0 Å². The average Bonchev–Trinajstić information content (AvgIpc) is 2.48. The number of benzene rings is 1. The molecule has 1 heterocycles. The van der Waals surface area contributed by atoms with Crippen molar-refractivity contribution in [1.82, 2.24) is 10.3 Å². The number of pyridine rings is 1. The molecule has 1 aromatic heterocycles. The summed E-state index contributed by atoms with van der Waals surface area (Å²) in [6, 6.07) is 9.21. The summed E-state index contributed by atoms with van der Waals surface area (Å²) >= 11 is 3.36. The van der Waals surface area contributed by atoms with Crippen LogP contribution in [-0.2, 0) is 6.42 Å². The molecule has 1 unspecified atom stereocenters. The predicted octanol–water partition coefficient (Wildman–Crippen LogP) is 4.27. The maximum atomic E-state index is 13.7. The average molecular weight is 337 g/mol. The lowest BCUT2D eigenvalue weighted by Crippen LogP contribution is -2.24. The van der Waals surface area contributed by atoms with Gasteiger partial charge in [-0.15, -0.1) is 0 Å². The van der Waals surface area contributed by atoms with E-state index in [0.29, 0.717) is 4.47 Å². The second-order valence-corrected chi connectivity index (χ2v) is 5.51. The molecule has 2 aromatic rings. The fraction of sp³-hybridized carbons (Fsp3) is 0.312. The third kappa shape index (κ3) is 3.87. The van der Waals surface area contributed by atoms with E-state index in [9.17, 15) is 4.39 Å². The normalized spacial score (nSPS) is 12.3. The van der Waals surface area contributed by atoms with Gasteiger partial charge < -0.3 is 5.32 Å². The molecule has 0 saturated heterocycles. The lowest BCUT2D eigenvalue weighted by Gasteiger charge is -2.20. The number of halogens is 2. The molecule has 0 fully saturated rings. The van der Waals surface area contributed by atoms with Gasteiger partial charge in [0.1, 0.15) is 5.82 Å². The molecule has 0 amide bonds.